The number of amides is 2. The zero-order valence-corrected chi connectivity index (χ0v) is 17.2. The van der Waals surface area contributed by atoms with Crippen molar-refractivity contribution >= 4 is 41.0 Å². The zero-order chi connectivity index (χ0) is 19.3. The minimum atomic E-state index is -0.0440. The first-order valence-corrected chi connectivity index (χ1v) is 10.1. The molecule has 0 spiro atoms. The Labute approximate surface area is 163 Å². The van der Waals surface area contributed by atoms with E-state index in [-0.39, 0.29) is 23.6 Å². The maximum atomic E-state index is 11.9. The van der Waals surface area contributed by atoms with Crippen LogP contribution in [0.15, 0.2) is 11.2 Å². The molecule has 2 amide bonds. The van der Waals surface area contributed by atoms with E-state index < -0.39 is 0 Å². The van der Waals surface area contributed by atoms with Crippen LogP contribution in [-0.4, -0.2) is 64.7 Å². The lowest BCUT2D eigenvalue weighted by Gasteiger charge is -2.40. The molecule has 2 rings (SSSR count). The molecular weight excluding hydrogens is 374 g/mol. The smallest absolute Gasteiger partial charge is 0.230 e. The molecule has 1 aliphatic rings. The molecule has 1 aromatic heterocycles. The van der Waals surface area contributed by atoms with Crippen molar-refractivity contribution in [1.82, 2.24) is 20.2 Å². The highest BCUT2D eigenvalue weighted by molar-refractivity contribution is 7.99. The van der Waals surface area contributed by atoms with E-state index >= 15 is 0 Å². The van der Waals surface area contributed by atoms with Crippen molar-refractivity contribution in [2.45, 2.75) is 38.9 Å². The predicted octanol–water partition coefficient (Wildman–Crippen LogP) is 2.05. The van der Waals surface area contributed by atoms with E-state index in [4.69, 9.17) is 11.6 Å². The molecule has 0 saturated carbocycles. The first-order chi connectivity index (χ1) is 12.3. The third-order valence-electron chi connectivity index (χ3n) is 4.06. The number of hydrogen-bond acceptors (Lipinski definition) is 6. The number of nitrogens with zero attached hydrogens (tertiary/aromatic N) is 4. The molecule has 1 N–H and O–H groups in total. The van der Waals surface area contributed by atoms with Gasteiger partial charge in [0.25, 0.3) is 0 Å². The molecule has 0 aromatic carbocycles. The SMILES string of the molecule is CC(=O)N1CCN(c2cc(Cl)nc(SCC(=O)NCC(C)C)n2)C[C@H]1C. The zero-order valence-electron chi connectivity index (χ0n) is 15.7. The average molecular weight is 400 g/mol. The lowest BCUT2D eigenvalue weighted by Crippen LogP contribution is -2.53. The van der Waals surface area contributed by atoms with E-state index in [1.54, 1.807) is 13.0 Å². The van der Waals surface area contributed by atoms with E-state index in [0.717, 1.165) is 5.82 Å². The van der Waals surface area contributed by atoms with Crippen LogP contribution in [-0.2, 0) is 9.59 Å². The number of thioether (sulfide) groups is 1. The van der Waals surface area contributed by atoms with Gasteiger partial charge in [0.15, 0.2) is 5.16 Å². The molecular formula is C17H26ClN5O2S. The van der Waals surface area contributed by atoms with Crippen molar-refractivity contribution in [3.8, 4) is 0 Å². The molecule has 2 heterocycles. The van der Waals surface area contributed by atoms with Gasteiger partial charge in [-0.15, -0.1) is 0 Å². The molecule has 0 unspecified atom stereocenters. The van der Waals surface area contributed by atoms with Gasteiger partial charge in [-0.3, -0.25) is 9.59 Å². The lowest BCUT2D eigenvalue weighted by atomic mass is 10.2. The van der Waals surface area contributed by atoms with Crippen LogP contribution in [0.5, 0.6) is 0 Å². The largest absolute Gasteiger partial charge is 0.355 e. The van der Waals surface area contributed by atoms with Crippen LogP contribution in [0.3, 0.4) is 0 Å². The number of halogens is 1. The van der Waals surface area contributed by atoms with Crippen LogP contribution >= 0.6 is 23.4 Å². The Kier molecular flexibility index (Phi) is 7.52. The van der Waals surface area contributed by atoms with Gasteiger partial charge in [-0.25, -0.2) is 9.97 Å². The minimum Gasteiger partial charge on any atom is -0.355 e. The average Bonchev–Trinajstić information content (AvgIpc) is 2.57. The molecule has 0 radical (unpaired) electrons. The molecule has 144 valence electrons. The highest BCUT2D eigenvalue weighted by atomic mass is 35.5. The van der Waals surface area contributed by atoms with Gasteiger partial charge in [0.1, 0.15) is 11.0 Å². The molecule has 7 nitrogen and oxygen atoms in total. The van der Waals surface area contributed by atoms with Gasteiger partial charge in [0.2, 0.25) is 11.8 Å². The highest BCUT2D eigenvalue weighted by Gasteiger charge is 2.26. The number of aromatic nitrogens is 2. The second-order valence-electron chi connectivity index (χ2n) is 6.83. The first kappa shape index (κ1) is 20.8. The number of carbonyl (C=O) groups is 2. The summed E-state index contributed by atoms with van der Waals surface area (Å²) in [5.74, 6) is 1.43. The molecule has 26 heavy (non-hydrogen) atoms. The van der Waals surface area contributed by atoms with E-state index in [9.17, 15) is 9.59 Å². The van der Waals surface area contributed by atoms with Crippen LogP contribution < -0.4 is 10.2 Å². The van der Waals surface area contributed by atoms with Crippen LogP contribution in [0.4, 0.5) is 5.82 Å². The number of rotatable bonds is 6. The summed E-state index contributed by atoms with van der Waals surface area (Å²) in [6, 6.07) is 1.83. The second kappa shape index (κ2) is 9.41. The lowest BCUT2D eigenvalue weighted by molar-refractivity contribution is -0.131. The van der Waals surface area contributed by atoms with Gasteiger partial charge in [-0.05, 0) is 12.8 Å². The van der Waals surface area contributed by atoms with Crippen molar-refractivity contribution in [3.05, 3.63) is 11.2 Å². The Balaban J connectivity index is 1.99. The quantitative estimate of drug-likeness (QED) is 0.448. The number of carbonyl (C=O) groups excluding carboxylic acids is 2. The topological polar surface area (TPSA) is 78.4 Å². The summed E-state index contributed by atoms with van der Waals surface area (Å²) in [4.78, 5) is 36.2. The van der Waals surface area contributed by atoms with Crippen molar-refractivity contribution in [1.29, 1.82) is 0 Å². The van der Waals surface area contributed by atoms with Gasteiger partial charge in [0.05, 0.1) is 5.75 Å². The molecule has 1 aromatic rings. The van der Waals surface area contributed by atoms with E-state index in [1.807, 2.05) is 25.7 Å². The monoisotopic (exact) mass is 399 g/mol. The Bertz CT molecular complexity index is 658. The summed E-state index contributed by atoms with van der Waals surface area (Å²) in [5.41, 5.74) is 0. The third-order valence-corrected chi connectivity index (χ3v) is 5.10. The van der Waals surface area contributed by atoms with E-state index in [2.05, 4.69) is 20.2 Å². The third kappa shape index (κ3) is 6.02. The Morgan fingerprint density at radius 1 is 1.38 bits per heavy atom. The predicted molar refractivity (Wildman–Crippen MR) is 105 cm³/mol. The summed E-state index contributed by atoms with van der Waals surface area (Å²) in [6.07, 6.45) is 0. The summed E-state index contributed by atoms with van der Waals surface area (Å²) < 4.78 is 0. The summed E-state index contributed by atoms with van der Waals surface area (Å²) >= 11 is 7.42. The van der Waals surface area contributed by atoms with Crippen LogP contribution in [0.1, 0.15) is 27.7 Å². The van der Waals surface area contributed by atoms with Crippen molar-refractivity contribution < 1.29 is 9.59 Å². The maximum absolute atomic E-state index is 11.9. The number of nitrogens with one attached hydrogen (secondary N) is 1. The molecule has 9 heteroatoms. The Morgan fingerprint density at radius 2 is 2.12 bits per heavy atom. The van der Waals surface area contributed by atoms with E-state index in [1.165, 1.54) is 11.8 Å². The Hall–Kier alpha value is -1.54. The van der Waals surface area contributed by atoms with Crippen LogP contribution in [0, 0.1) is 5.92 Å². The fourth-order valence-corrected chi connectivity index (χ4v) is 3.66. The molecule has 0 bridgehead atoms. The van der Waals surface area contributed by atoms with Gasteiger partial charge in [0, 0.05) is 45.2 Å². The van der Waals surface area contributed by atoms with Gasteiger partial charge >= 0.3 is 0 Å². The Morgan fingerprint density at radius 3 is 2.73 bits per heavy atom. The first-order valence-electron chi connectivity index (χ1n) is 8.72. The van der Waals surface area contributed by atoms with Crippen molar-refractivity contribution in [2.75, 3.05) is 36.8 Å². The van der Waals surface area contributed by atoms with Crippen molar-refractivity contribution in [2.24, 2.45) is 5.92 Å². The fourth-order valence-electron chi connectivity index (χ4n) is 2.74. The van der Waals surface area contributed by atoms with Gasteiger partial charge in [-0.2, -0.15) is 0 Å². The fraction of sp³-hybridized carbons (Fsp3) is 0.647. The number of piperazine rings is 1. The second-order valence-corrected chi connectivity index (χ2v) is 8.16. The minimum absolute atomic E-state index is 0.0440. The van der Waals surface area contributed by atoms with Crippen molar-refractivity contribution in [3.63, 3.8) is 0 Å². The molecule has 0 aliphatic carbocycles. The normalized spacial score (nSPS) is 17.5. The summed E-state index contributed by atoms with van der Waals surface area (Å²) in [7, 11) is 0. The van der Waals surface area contributed by atoms with Crippen LogP contribution in [0.25, 0.3) is 0 Å². The molecule has 1 atom stereocenters. The molecule has 1 aliphatic heterocycles. The van der Waals surface area contributed by atoms with Gasteiger partial charge < -0.3 is 15.1 Å². The summed E-state index contributed by atoms with van der Waals surface area (Å²) in [6.45, 7) is 10.4. The number of hydrogen-bond donors (Lipinski definition) is 1. The standard InChI is InChI=1S/C17H26ClN5O2S/c1-11(2)8-19-16(25)10-26-17-20-14(18)7-15(21-17)22-5-6-23(13(4)24)12(3)9-22/h7,11-12H,5-6,8-10H2,1-4H3,(H,19,25)/t12-/m1/s1. The molecule has 1 saturated heterocycles. The van der Waals surface area contributed by atoms with E-state index in [0.29, 0.717) is 42.4 Å². The maximum Gasteiger partial charge on any atom is 0.230 e. The van der Waals surface area contributed by atoms with Crippen LogP contribution in [0.2, 0.25) is 5.15 Å². The molecule has 1 fully saturated rings. The van der Waals surface area contributed by atoms with Gasteiger partial charge in [-0.1, -0.05) is 37.2 Å². The number of anilines is 1. The summed E-state index contributed by atoms with van der Waals surface area (Å²) in [5, 5.41) is 3.70. The highest BCUT2D eigenvalue weighted by Crippen LogP contribution is 2.24.